The lowest BCUT2D eigenvalue weighted by Gasteiger charge is -2.32. The summed E-state index contributed by atoms with van der Waals surface area (Å²) in [5, 5.41) is 12.0. The van der Waals surface area contributed by atoms with Crippen molar-refractivity contribution in [2.75, 3.05) is 13.1 Å². The van der Waals surface area contributed by atoms with Crippen LogP contribution < -0.4 is 5.32 Å². The second-order valence-electron chi connectivity index (χ2n) is 9.91. The molecular weight excluding hydrogens is 472 g/mol. The first kappa shape index (κ1) is 26.8. The third kappa shape index (κ3) is 6.65. The van der Waals surface area contributed by atoms with Gasteiger partial charge in [0.25, 0.3) is 11.8 Å². The maximum atomic E-state index is 13.5. The average Bonchev–Trinajstić information content (AvgIpc) is 3.23. The molecule has 10 heteroatoms. The van der Waals surface area contributed by atoms with Crippen LogP contribution in [0.1, 0.15) is 55.6 Å². The number of carbonyl (C=O) groups excluding carboxylic acids is 3. The highest BCUT2D eigenvalue weighted by Gasteiger charge is 2.44. The van der Waals surface area contributed by atoms with Gasteiger partial charge in [0, 0.05) is 25.1 Å². The Balaban J connectivity index is 1.93. The molecule has 192 valence electrons. The van der Waals surface area contributed by atoms with Crippen molar-refractivity contribution in [3.8, 4) is 0 Å². The summed E-state index contributed by atoms with van der Waals surface area (Å²) in [5.74, 6) is -3.91. The van der Waals surface area contributed by atoms with E-state index in [-0.39, 0.29) is 36.4 Å². The molecule has 0 aromatic heterocycles. The van der Waals surface area contributed by atoms with Crippen LogP contribution in [0.4, 0.5) is 8.78 Å². The molecule has 3 rings (SSSR count). The van der Waals surface area contributed by atoms with Crippen molar-refractivity contribution in [1.29, 1.82) is 0 Å². The Kier molecular flexibility index (Phi) is 8.07. The number of hydrogen-bond donors (Lipinski definition) is 2. The summed E-state index contributed by atoms with van der Waals surface area (Å²) >= 11 is 0. The van der Waals surface area contributed by atoms with E-state index in [1.807, 2.05) is 20.8 Å². The van der Waals surface area contributed by atoms with Crippen LogP contribution in [0.3, 0.4) is 0 Å². The molecule has 1 saturated heterocycles. The van der Waals surface area contributed by atoms with Crippen LogP contribution in [0.5, 0.6) is 0 Å². The zero-order valence-corrected chi connectivity index (χ0v) is 20.3. The van der Waals surface area contributed by atoms with Crippen molar-refractivity contribution in [1.82, 2.24) is 15.1 Å². The van der Waals surface area contributed by atoms with Gasteiger partial charge in [-0.25, -0.2) is 8.78 Å². The van der Waals surface area contributed by atoms with E-state index < -0.39 is 48.0 Å². The monoisotopic (exact) mass is 501 g/mol. The Labute approximate surface area is 207 Å². The standard InChI is InChI=1S/C26H29F2N3O5/c1-26(2,3)15-21(32)30-12-13-31(25(36)17-6-10-19(28)11-7-17)24(30)23(35)29-20(14-22(33)34)16-4-8-18(27)9-5-16/h4-11,20,24H,12-15H2,1-3H3,(H,29,35)(H,33,34). The second-order valence-corrected chi connectivity index (χ2v) is 9.91. The molecule has 3 amide bonds. The highest BCUT2D eigenvalue weighted by molar-refractivity contribution is 5.99. The van der Waals surface area contributed by atoms with Crippen LogP contribution in [-0.2, 0) is 14.4 Å². The fourth-order valence-corrected chi connectivity index (χ4v) is 4.07. The number of carbonyl (C=O) groups is 4. The molecular formula is C26H29F2N3O5. The minimum atomic E-state index is -1.34. The molecule has 8 nitrogen and oxygen atoms in total. The van der Waals surface area contributed by atoms with Crippen LogP contribution in [-0.4, -0.2) is 57.9 Å². The molecule has 2 aromatic rings. The predicted molar refractivity (Wildman–Crippen MR) is 127 cm³/mol. The SMILES string of the molecule is CC(C)(C)CC(=O)N1CCN(C(=O)c2ccc(F)cc2)C1C(=O)NC(CC(=O)O)c1ccc(F)cc1. The molecule has 2 aromatic carbocycles. The largest absolute Gasteiger partial charge is 0.481 e. The normalized spacial score (nSPS) is 16.5. The third-order valence-corrected chi connectivity index (χ3v) is 5.73. The number of hydrogen-bond acceptors (Lipinski definition) is 4. The van der Waals surface area contributed by atoms with Crippen molar-refractivity contribution < 1.29 is 33.1 Å². The highest BCUT2D eigenvalue weighted by Crippen LogP contribution is 2.26. The van der Waals surface area contributed by atoms with Gasteiger partial charge in [-0.1, -0.05) is 32.9 Å². The smallest absolute Gasteiger partial charge is 0.305 e. The third-order valence-electron chi connectivity index (χ3n) is 5.73. The molecule has 2 unspecified atom stereocenters. The van der Waals surface area contributed by atoms with E-state index in [9.17, 15) is 33.1 Å². The van der Waals surface area contributed by atoms with E-state index in [1.165, 1.54) is 34.1 Å². The molecule has 0 bridgehead atoms. The number of carboxylic acid groups (broad SMARTS) is 1. The molecule has 0 aliphatic carbocycles. The molecule has 0 saturated carbocycles. The minimum Gasteiger partial charge on any atom is -0.481 e. The molecule has 0 spiro atoms. The van der Waals surface area contributed by atoms with Gasteiger partial charge in [-0.3, -0.25) is 19.2 Å². The number of nitrogens with zero attached hydrogens (tertiary/aromatic N) is 2. The first-order chi connectivity index (χ1) is 16.9. The average molecular weight is 502 g/mol. The number of amides is 3. The molecule has 1 fully saturated rings. The first-order valence-electron chi connectivity index (χ1n) is 11.5. The summed E-state index contributed by atoms with van der Waals surface area (Å²) in [7, 11) is 0. The van der Waals surface area contributed by atoms with Crippen molar-refractivity contribution in [2.45, 2.75) is 45.8 Å². The fourth-order valence-electron chi connectivity index (χ4n) is 4.07. The molecule has 36 heavy (non-hydrogen) atoms. The Bertz CT molecular complexity index is 1130. The number of rotatable bonds is 7. The van der Waals surface area contributed by atoms with Crippen molar-refractivity contribution >= 4 is 23.7 Å². The second kappa shape index (κ2) is 10.8. The van der Waals surface area contributed by atoms with Gasteiger partial charge < -0.3 is 20.2 Å². The number of aliphatic carboxylic acids is 1. The topological polar surface area (TPSA) is 107 Å². The van der Waals surface area contributed by atoms with Crippen LogP contribution >= 0.6 is 0 Å². The summed E-state index contributed by atoms with van der Waals surface area (Å²) in [6, 6.07) is 8.82. The lowest BCUT2D eigenvalue weighted by Crippen LogP contribution is -2.54. The lowest BCUT2D eigenvalue weighted by atomic mass is 9.91. The van der Waals surface area contributed by atoms with Gasteiger partial charge in [0.15, 0.2) is 6.17 Å². The molecule has 1 aliphatic heterocycles. The van der Waals surface area contributed by atoms with E-state index >= 15 is 0 Å². The number of benzene rings is 2. The summed E-state index contributed by atoms with van der Waals surface area (Å²) in [6.45, 7) is 5.77. The Hall–Kier alpha value is -3.82. The number of carboxylic acids is 1. The predicted octanol–water partition coefficient (Wildman–Crippen LogP) is 3.34. The van der Waals surface area contributed by atoms with Gasteiger partial charge in [-0.2, -0.15) is 0 Å². The van der Waals surface area contributed by atoms with Gasteiger partial charge in [0.2, 0.25) is 5.91 Å². The van der Waals surface area contributed by atoms with Crippen molar-refractivity contribution in [3.63, 3.8) is 0 Å². The van der Waals surface area contributed by atoms with E-state index in [1.54, 1.807) is 0 Å². The molecule has 2 N–H and O–H groups in total. The number of halogens is 2. The van der Waals surface area contributed by atoms with Gasteiger partial charge >= 0.3 is 5.97 Å². The summed E-state index contributed by atoms with van der Waals surface area (Å²) in [5.41, 5.74) is 0.112. The van der Waals surface area contributed by atoms with Gasteiger partial charge in [-0.05, 0) is 47.4 Å². The minimum absolute atomic E-state index is 0.0598. The molecule has 1 heterocycles. The van der Waals surface area contributed by atoms with Crippen LogP contribution in [0.2, 0.25) is 0 Å². The van der Waals surface area contributed by atoms with Crippen molar-refractivity contribution in [3.05, 3.63) is 71.3 Å². The molecule has 2 atom stereocenters. The fraction of sp³-hybridized carbons (Fsp3) is 0.385. The summed E-state index contributed by atoms with van der Waals surface area (Å²) < 4.78 is 26.8. The van der Waals surface area contributed by atoms with E-state index in [0.717, 1.165) is 24.3 Å². The number of nitrogens with one attached hydrogen (secondary N) is 1. The summed E-state index contributed by atoms with van der Waals surface area (Å²) in [6.07, 6.45) is -1.72. The lowest BCUT2D eigenvalue weighted by molar-refractivity contribution is -0.143. The maximum absolute atomic E-state index is 13.5. The van der Waals surface area contributed by atoms with Gasteiger partial charge in [-0.15, -0.1) is 0 Å². The molecule has 1 aliphatic rings. The first-order valence-corrected chi connectivity index (χ1v) is 11.5. The Morgan fingerprint density at radius 1 is 0.944 bits per heavy atom. The zero-order valence-electron chi connectivity index (χ0n) is 20.3. The van der Waals surface area contributed by atoms with Gasteiger partial charge in [0.1, 0.15) is 11.6 Å². The zero-order chi connectivity index (χ0) is 26.6. The summed E-state index contributed by atoms with van der Waals surface area (Å²) in [4.78, 5) is 53.9. The van der Waals surface area contributed by atoms with Crippen LogP contribution in [0.15, 0.2) is 48.5 Å². The highest BCUT2D eigenvalue weighted by atomic mass is 19.1. The van der Waals surface area contributed by atoms with E-state index in [0.29, 0.717) is 5.56 Å². The van der Waals surface area contributed by atoms with E-state index in [2.05, 4.69) is 5.32 Å². The van der Waals surface area contributed by atoms with E-state index in [4.69, 9.17) is 0 Å². The van der Waals surface area contributed by atoms with Gasteiger partial charge in [0.05, 0.1) is 12.5 Å². The molecule has 0 radical (unpaired) electrons. The van der Waals surface area contributed by atoms with Crippen LogP contribution in [0.25, 0.3) is 0 Å². The maximum Gasteiger partial charge on any atom is 0.305 e. The quantitative estimate of drug-likeness (QED) is 0.605. The Morgan fingerprint density at radius 2 is 1.47 bits per heavy atom. The van der Waals surface area contributed by atoms with Crippen molar-refractivity contribution in [2.24, 2.45) is 5.41 Å². The Morgan fingerprint density at radius 3 is 2.00 bits per heavy atom. The van der Waals surface area contributed by atoms with Crippen LogP contribution in [0, 0.1) is 17.0 Å².